The molecule has 1 aliphatic rings. The van der Waals surface area contributed by atoms with Gasteiger partial charge in [0.1, 0.15) is 0 Å². The summed E-state index contributed by atoms with van der Waals surface area (Å²) in [6, 6.07) is 58.9. The summed E-state index contributed by atoms with van der Waals surface area (Å²) in [5, 5.41) is 2.24. The Morgan fingerprint density at radius 1 is 0.687 bits per heavy atom. The van der Waals surface area contributed by atoms with E-state index in [9.17, 15) is 0 Å². The molecule has 9 rings (SSSR count). The maximum absolute atomic E-state index is 4.56. The van der Waals surface area contributed by atoms with E-state index in [0.717, 1.165) is 49.8 Å². The maximum atomic E-state index is 4.56. The smallest absolute Gasteiger partial charge is 0.0714 e. The molecule has 0 unspecified atom stereocenters. The zero-order chi connectivity index (χ0) is 47.2. The number of anilines is 2. The van der Waals surface area contributed by atoms with Crippen LogP contribution in [0.5, 0.6) is 0 Å². The van der Waals surface area contributed by atoms with Gasteiger partial charge in [0.05, 0.1) is 16.8 Å². The lowest BCUT2D eigenvalue weighted by Gasteiger charge is -2.36. The Bertz CT molecular complexity index is 3250. The van der Waals surface area contributed by atoms with E-state index in [1.165, 1.54) is 65.9 Å². The SMILES string of the molecule is C/C=C(\C(=C/CC)C(C)C)c1ccccc1C.C=C/C(=c1\c(=C)sc2ccccc12)N(c1ccccc1)c1cc2c(c(C=C)c1C=C)-c1ccc(C)cc1C2(c1ccccc1)c1ccccc1. The van der Waals surface area contributed by atoms with Gasteiger partial charge in [0.25, 0.3) is 0 Å². The third-order valence-corrected chi connectivity index (χ3v) is 14.2. The molecule has 0 N–H and O–H groups in total. The standard InChI is InChI=1S/C48H37NS.C17H24/c1-6-37-38(7-2)47-39-29-28-32(4)30-41(39)48(34-20-12-9-13-21-34,35-22-14-10-15-23-35)42(47)31-44(37)49(36-24-16-11-17-25-36)43(8-3)46-33(5)50-45-27-19-18-26-40(45)46;1-6-10-16(13(3)4)15(7-2)17-12-9-8-11-14(17)5/h6-31H,1-3,5H2,4H3;7-13H,6H2,1-5H3/b46-43-;15-7+,16-10-. The van der Waals surface area contributed by atoms with Gasteiger partial charge in [0.2, 0.25) is 0 Å². The van der Waals surface area contributed by atoms with Crippen molar-refractivity contribution in [2.75, 3.05) is 4.90 Å². The number of nitrogens with zero attached hydrogens (tertiary/aromatic N) is 1. The molecule has 0 radical (unpaired) electrons. The molecular weight excluding hydrogens is 827 g/mol. The number of para-hydroxylation sites is 1. The lowest BCUT2D eigenvalue weighted by Crippen LogP contribution is -2.31. The lowest BCUT2D eigenvalue weighted by atomic mass is 9.67. The van der Waals surface area contributed by atoms with Crippen molar-refractivity contribution in [1.82, 2.24) is 0 Å². The van der Waals surface area contributed by atoms with Gasteiger partial charge in [0, 0.05) is 31.1 Å². The molecule has 67 heavy (non-hydrogen) atoms. The molecule has 1 heterocycles. The number of thiophene rings is 1. The van der Waals surface area contributed by atoms with E-state index < -0.39 is 5.41 Å². The Morgan fingerprint density at radius 3 is 1.87 bits per heavy atom. The highest BCUT2D eigenvalue weighted by atomic mass is 32.1. The van der Waals surface area contributed by atoms with E-state index in [4.69, 9.17) is 0 Å². The van der Waals surface area contributed by atoms with Crippen LogP contribution in [0.2, 0.25) is 0 Å². The molecule has 1 aliphatic carbocycles. The molecular formula is C65H61NS. The summed E-state index contributed by atoms with van der Waals surface area (Å²) in [5.41, 5.74) is 18.6. The van der Waals surface area contributed by atoms with Crippen molar-refractivity contribution in [1.29, 1.82) is 0 Å². The summed E-state index contributed by atoms with van der Waals surface area (Å²) >= 11 is 1.71. The number of benzene rings is 7. The Balaban J connectivity index is 0.000000304. The fourth-order valence-corrected chi connectivity index (χ4v) is 11.3. The quantitative estimate of drug-likeness (QED) is 0.111. The molecule has 0 atom stereocenters. The zero-order valence-corrected chi connectivity index (χ0v) is 40.8. The van der Waals surface area contributed by atoms with Crippen molar-refractivity contribution in [2.45, 2.75) is 53.4 Å². The van der Waals surface area contributed by atoms with Gasteiger partial charge in [0.15, 0.2) is 0 Å². The number of fused-ring (bicyclic) bond motifs is 4. The monoisotopic (exact) mass is 887 g/mol. The Labute approximate surface area is 403 Å². The van der Waals surface area contributed by atoms with Gasteiger partial charge < -0.3 is 4.90 Å². The molecule has 0 saturated heterocycles. The second-order valence-electron chi connectivity index (χ2n) is 17.5. The highest BCUT2D eigenvalue weighted by molar-refractivity contribution is 7.17. The molecule has 0 amide bonds. The highest BCUT2D eigenvalue weighted by Gasteiger charge is 2.48. The van der Waals surface area contributed by atoms with Gasteiger partial charge in [-0.15, -0.1) is 11.3 Å². The second kappa shape index (κ2) is 20.1. The van der Waals surface area contributed by atoms with Gasteiger partial charge in [-0.25, -0.2) is 0 Å². The van der Waals surface area contributed by atoms with Crippen molar-refractivity contribution in [3.05, 3.63) is 267 Å². The van der Waals surface area contributed by atoms with Crippen molar-refractivity contribution < 1.29 is 0 Å². The second-order valence-corrected chi connectivity index (χ2v) is 18.6. The van der Waals surface area contributed by atoms with Crippen LogP contribution in [-0.2, 0) is 5.41 Å². The average molecular weight is 888 g/mol. The van der Waals surface area contributed by atoms with E-state index >= 15 is 0 Å². The summed E-state index contributed by atoms with van der Waals surface area (Å²) in [7, 11) is 0. The van der Waals surface area contributed by atoms with Crippen LogP contribution in [-0.4, -0.2) is 0 Å². The molecule has 0 aliphatic heterocycles. The predicted octanol–water partition coefficient (Wildman–Crippen LogP) is 16.8. The van der Waals surface area contributed by atoms with Gasteiger partial charge in [-0.3, -0.25) is 0 Å². The molecule has 2 heteroatoms. The summed E-state index contributed by atoms with van der Waals surface area (Å²) in [4.78, 5) is 2.34. The van der Waals surface area contributed by atoms with Gasteiger partial charge in [-0.1, -0.05) is 216 Å². The lowest BCUT2D eigenvalue weighted by molar-refractivity contribution is 0.767. The van der Waals surface area contributed by atoms with Crippen LogP contribution in [0.15, 0.2) is 207 Å². The van der Waals surface area contributed by atoms with Crippen LogP contribution in [0.1, 0.15) is 84.2 Å². The minimum atomic E-state index is -0.589. The van der Waals surface area contributed by atoms with Crippen molar-refractivity contribution in [3.8, 4) is 11.1 Å². The Kier molecular flexibility index (Phi) is 13.9. The van der Waals surface area contributed by atoms with Crippen LogP contribution in [0.25, 0.3) is 51.2 Å². The van der Waals surface area contributed by atoms with Crippen molar-refractivity contribution in [3.63, 3.8) is 0 Å². The third-order valence-electron chi connectivity index (χ3n) is 13.2. The average Bonchev–Trinajstić information content (AvgIpc) is 3.84. The molecule has 8 aromatic rings. The molecule has 0 spiro atoms. The summed E-state index contributed by atoms with van der Waals surface area (Å²) in [6.07, 6.45) is 11.7. The third kappa shape index (κ3) is 8.32. The molecule has 0 fully saturated rings. The van der Waals surface area contributed by atoms with Gasteiger partial charge >= 0.3 is 0 Å². The van der Waals surface area contributed by atoms with E-state index in [-0.39, 0.29) is 0 Å². The van der Waals surface area contributed by atoms with E-state index in [1.807, 2.05) is 18.2 Å². The first kappa shape index (κ1) is 46.3. The van der Waals surface area contributed by atoms with Crippen LogP contribution < -0.4 is 14.7 Å². The van der Waals surface area contributed by atoms with Crippen molar-refractivity contribution >= 4 is 62.8 Å². The first-order valence-corrected chi connectivity index (χ1v) is 24.3. The number of hydrogen-bond donors (Lipinski definition) is 0. The van der Waals surface area contributed by atoms with Gasteiger partial charge in [-0.2, -0.15) is 0 Å². The highest BCUT2D eigenvalue weighted by Crippen LogP contribution is 2.59. The van der Waals surface area contributed by atoms with Crippen molar-refractivity contribution in [2.24, 2.45) is 5.92 Å². The fourth-order valence-electron chi connectivity index (χ4n) is 10.3. The molecule has 7 aromatic carbocycles. The molecule has 1 nitrogen and oxygen atoms in total. The van der Waals surface area contributed by atoms with E-state index in [1.54, 1.807) is 11.3 Å². The Morgan fingerprint density at radius 2 is 1.28 bits per heavy atom. The summed E-state index contributed by atoms with van der Waals surface area (Å²) < 4.78 is 2.20. The van der Waals surface area contributed by atoms with Crippen LogP contribution in [0.3, 0.4) is 0 Å². The minimum Gasteiger partial charge on any atom is -0.309 e. The molecule has 1 aromatic heterocycles. The number of aryl methyl sites for hydroxylation is 2. The van der Waals surface area contributed by atoms with Crippen LogP contribution >= 0.6 is 11.3 Å². The van der Waals surface area contributed by atoms with Crippen LogP contribution in [0.4, 0.5) is 11.4 Å². The maximum Gasteiger partial charge on any atom is 0.0714 e. The summed E-state index contributed by atoms with van der Waals surface area (Å²) in [6.45, 7) is 31.1. The first-order chi connectivity index (χ1) is 32.6. The molecule has 0 saturated carbocycles. The zero-order valence-electron chi connectivity index (χ0n) is 39.9. The fraction of sp³-hybridized carbons (Fsp3) is 0.138. The number of allylic oxidation sites excluding steroid dienone is 4. The summed E-state index contributed by atoms with van der Waals surface area (Å²) in [5.74, 6) is 0.570. The normalized spacial score (nSPS) is 13.3. The Hall–Kier alpha value is -7.26. The van der Waals surface area contributed by atoms with Crippen LogP contribution in [0, 0.1) is 19.8 Å². The van der Waals surface area contributed by atoms with E-state index in [2.05, 4.69) is 249 Å². The molecule has 0 bridgehead atoms. The van der Waals surface area contributed by atoms with E-state index in [0.29, 0.717) is 5.92 Å². The minimum absolute atomic E-state index is 0.570. The topological polar surface area (TPSA) is 3.24 Å². The van der Waals surface area contributed by atoms with Gasteiger partial charge in [-0.05, 0) is 125 Å². The number of rotatable bonds is 12. The number of hydrogen-bond acceptors (Lipinski definition) is 2. The largest absolute Gasteiger partial charge is 0.309 e. The predicted molar refractivity (Wildman–Crippen MR) is 295 cm³/mol. The molecule has 332 valence electrons. The first-order valence-electron chi connectivity index (χ1n) is 23.4.